The molecule has 2 aromatic rings. The number of non-ortho nitro benzene ring substituents is 1. The van der Waals surface area contributed by atoms with Crippen LogP contribution in [0.25, 0.3) is 6.08 Å². The van der Waals surface area contributed by atoms with Gasteiger partial charge in [0.1, 0.15) is 5.82 Å². The molecule has 0 atom stereocenters. The number of rotatable bonds is 6. The molecule has 1 N–H and O–H groups in total. The van der Waals surface area contributed by atoms with Crippen molar-refractivity contribution < 1.29 is 9.72 Å². The van der Waals surface area contributed by atoms with Gasteiger partial charge in [-0.3, -0.25) is 14.9 Å². The predicted octanol–water partition coefficient (Wildman–Crippen LogP) is 2.92. The summed E-state index contributed by atoms with van der Waals surface area (Å²) in [5.41, 5.74) is 1.75. The third-order valence-electron chi connectivity index (χ3n) is 4.24. The van der Waals surface area contributed by atoms with Crippen LogP contribution in [0.3, 0.4) is 0 Å². The molecule has 0 bridgehead atoms. The van der Waals surface area contributed by atoms with Crippen molar-refractivity contribution in [3.8, 4) is 0 Å². The number of pyridine rings is 1. The van der Waals surface area contributed by atoms with Crippen LogP contribution in [-0.2, 0) is 11.3 Å². The van der Waals surface area contributed by atoms with Crippen LogP contribution in [0.2, 0.25) is 0 Å². The van der Waals surface area contributed by atoms with Crippen molar-refractivity contribution in [3.63, 3.8) is 0 Å². The van der Waals surface area contributed by atoms with Crippen molar-refractivity contribution in [1.82, 2.24) is 10.3 Å². The maximum absolute atomic E-state index is 12.0. The van der Waals surface area contributed by atoms with E-state index in [-0.39, 0.29) is 11.6 Å². The van der Waals surface area contributed by atoms with Crippen molar-refractivity contribution in [2.45, 2.75) is 19.4 Å². The highest BCUT2D eigenvalue weighted by molar-refractivity contribution is 5.91. The molecule has 7 nitrogen and oxygen atoms in total. The molecule has 7 heteroatoms. The zero-order valence-corrected chi connectivity index (χ0v) is 14.3. The van der Waals surface area contributed by atoms with E-state index in [0.717, 1.165) is 30.0 Å². The molecular formula is C19H20N4O3. The highest BCUT2D eigenvalue weighted by Gasteiger charge is 2.13. The molecule has 0 aliphatic carbocycles. The van der Waals surface area contributed by atoms with Gasteiger partial charge in [0.25, 0.3) is 5.69 Å². The minimum Gasteiger partial charge on any atom is -0.357 e. The highest BCUT2D eigenvalue weighted by atomic mass is 16.6. The molecule has 1 aliphatic rings. The summed E-state index contributed by atoms with van der Waals surface area (Å²) in [7, 11) is 0. The van der Waals surface area contributed by atoms with Gasteiger partial charge in [-0.25, -0.2) is 4.98 Å². The van der Waals surface area contributed by atoms with E-state index in [1.807, 2.05) is 12.1 Å². The summed E-state index contributed by atoms with van der Waals surface area (Å²) < 4.78 is 0. The lowest BCUT2D eigenvalue weighted by Gasteiger charge is -2.16. The number of aromatic nitrogens is 1. The smallest absolute Gasteiger partial charge is 0.269 e. The number of nitrogens with one attached hydrogen (secondary N) is 1. The van der Waals surface area contributed by atoms with E-state index in [2.05, 4.69) is 15.2 Å². The molecule has 1 aromatic carbocycles. The predicted molar refractivity (Wildman–Crippen MR) is 99.7 cm³/mol. The second-order valence-corrected chi connectivity index (χ2v) is 6.12. The van der Waals surface area contributed by atoms with Gasteiger partial charge in [-0.15, -0.1) is 0 Å². The topological polar surface area (TPSA) is 88.4 Å². The van der Waals surface area contributed by atoms with Gasteiger partial charge in [0.2, 0.25) is 5.91 Å². The Labute approximate surface area is 151 Å². The first kappa shape index (κ1) is 17.6. The molecule has 1 saturated heterocycles. The van der Waals surface area contributed by atoms with Crippen LogP contribution >= 0.6 is 0 Å². The number of hydrogen-bond acceptors (Lipinski definition) is 5. The van der Waals surface area contributed by atoms with Crippen LogP contribution in [0.15, 0.2) is 48.7 Å². The molecule has 0 radical (unpaired) electrons. The minimum absolute atomic E-state index is 0.0260. The number of carbonyl (C=O) groups excluding carboxylic acids is 1. The normalized spacial score (nSPS) is 13.9. The monoisotopic (exact) mass is 352 g/mol. The third kappa shape index (κ3) is 4.66. The molecule has 1 aliphatic heterocycles. The molecule has 0 unspecified atom stereocenters. The fourth-order valence-corrected chi connectivity index (χ4v) is 2.82. The van der Waals surface area contributed by atoms with Crippen molar-refractivity contribution in [2.75, 3.05) is 18.0 Å². The number of carbonyl (C=O) groups is 1. The Morgan fingerprint density at radius 3 is 2.65 bits per heavy atom. The maximum atomic E-state index is 12.0. The van der Waals surface area contributed by atoms with Crippen LogP contribution in [-0.4, -0.2) is 28.9 Å². The Kier molecular flexibility index (Phi) is 5.58. The lowest BCUT2D eigenvalue weighted by Crippen LogP contribution is -2.22. The molecule has 1 amide bonds. The standard InChI is InChI=1S/C19H20N4O3/c24-19(8-5-15-3-6-17(7-4-15)23(25)26)21-14-16-9-10-20-18(13-16)22-11-1-2-12-22/h3-10,13H,1-2,11-12,14H2,(H,21,24)/b8-5+. The second-order valence-electron chi connectivity index (χ2n) is 6.12. The molecule has 1 aromatic heterocycles. The second kappa shape index (κ2) is 8.24. The van der Waals surface area contributed by atoms with Gasteiger partial charge in [-0.2, -0.15) is 0 Å². The van der Waals surface area contributed by atoms with Crippen molar-refractivity contribution in [1.29, 1.82) is 0 Å². The lowest BCUT2D eigenvalue weighted by molar-refractivity contribution is -0.384. The molecule has 0 spiro atoms. The molecule has 3 rings (SSSR count). The van der Waals surface area contributed by atoms with Gasteiger partial charge in [0, 0.05) is 44.0 Å². The van der Waals surface area contributed by atoms with Crippen LogP contribution in [0, 0.1) is 10.1 Å². The minimum atomic E-state index is -0.453. The molecule has 26 heavy (non-hydrogen) atoms. The number of nitrogens with zero attached hydrogens (tertiary/aromatic N) is 3. The van der Waals surface area contributed by atoms with E-state index >= 15 is 0 Å². The number of hydrogen-bond donors (Lipinski definition) is 1. The summed E-state index contributed by atoms with van der Waals surface area (Å²) in [6, 6.07) is 9.93. The molecule has 134 valence electrons. The lowest BCUT2D eigenvalue weighted by atomic mass is 10.2. The van der Waals surface area contributed by atoms with E-state index in [0.29, 0.717) is 6.54 Å². The van der Waals surface area contributed by atoms with E-state index in [9.17, 15) is 14.9 Å². The van der Waals surface area contributed by atoms with E-state index in [1.165, 1.54) is 31.1 Å². The third-order valence-corrected chi connectivity index (χ3v) is 4.24. The number of anilines is 1. The fraction of sp³-hybridized carbons (Fsp3) is 0.263. The first-order valence-electron chi connectivity index (χ1n) is 8.52. The maximum Gasteiger partial charge on any atom is 0.269 e. The van der Waals surface area contributed by atoms with Gasteiger partial charge in [0.05, 0.1) is 4.92 Å². The van der Waals surface area contributed by atoms with E-state index in [1.54, 1.807) is 24.4 Å². The average molecular weight is 352 g/mol. The summed E-state index contributed by atoms with van der Waals surface area (Å²) in [4.78, 5) is 28.8. The number of amides is 1. The Hall–Kier alpha value is -3.22. The van der Waals surface area contributed by atoms with Crippen molar-refractivity contribution in [2.24, 2.45) is 0 Å². The largest absolute Gasteiger partial charge is 0.357 e. The van der Waals surface area contributed by atoms with Crippen molar-refractivity contribution in [3.05, 3.63) is 69.9 Å². The Morgan fingerprint density at radius 2 is 1.96 bits per heavy atom. The van der Waals surface area contributed by atoms with Crippen LogP contribution in [0.5, 0.6) is 0 Å². The molecule has 2 heterocycles. The van der Waals surface area contributed by atoms with Crippen LogP contribution in [0.1, 0.15) is 24.0 Å². The van der Waals surface area contributed by atoms with Gasteiger partial charge in [-0.05, 0) is 54.3 Å². The average Bonchev–Trinajstić information content (AvgIpc) is 3.20. The van der Waals surface area contributed by atoms with E-state index < -0.39 is 4.92 Å². The van der Waals surface area contributed by atoms with Gasteiger partial charge < -0.3 is 10.2 Å². The number of nitro groups is 1. The first-order chi connectivity index (χ1) is 12.6. The number of benzene rings is 1. The van der Waals surface area contributed by atoms with E-state index in [4.69, 9.17) is 0 Å². The van der Waals surface area contributed by atoms with Gasteiger partial charge >= 0.3 is 0 Å². The zero-order chi connectivity index (χ0) is 18.4. The van der Waals surface area contributed by atoms with Crippen LogP contribution < -0.4 is 10.2 Å². The summed E-state index contributed by atoms with van der Waals surface area (Å²) in [5.74, 6) is 0.735. The van der Waals surface area contributed by atoms with Gasteiger partial charge in [-0.1, -0.05) is 0 Å². The molecule has 1 fully saturated rings. The van der Waals surface area contributed by atoms with Crippen molar-refractivity contribution >= 4 is 23.5 Å². The molecular weight excluding hydrogens is 332 g/mol. The zero-order valence-electron chi connectivity index (χ0n) is 14.3. The fourth-order valence-electron chi connectivity index (χ4n) is 2.82. The summed E-state index contributed by atoms with van der Waals surface area (Å²) >= 11 is 0. The quantitative estimate of drug-likeness (QED) is 0.490. The SMILES string of the molecule is O=C(/C=C/c1ccc([N+](=O)[O-])cc1)NCc1ccnc(N2CCCC2)c1. The summed E-state index contributed by atoms with van der Waals surface area (Å²) in [6.07, 6.45) is 7.19. The Bertz CT molecular complexity index is 812. The number of nitro benzene ring substituents is 1. The Balaban J connectivity index is 1.53. The van der Waals surface area contributed by atoms with Gasteiger partial charge in [0.15, 0.2) is 0 Å². The first-order valence-corrected chi connectivity index (χ1v) is 8.52. The molecule has 0 saturated carbocycles. The summed E-state index contributed by atoms with van der Waals surface area (Å²) in [6.45, 7) is 2.48. The summed E-state index contributed by atoms with van der Waals surface area (Å²) in [5, 5.41) is 13.5. The van der Waals surface area contributed by atoms with Crippen LogP contribution in [0.4, 0.5) is 11.5 Å². The highest BCUT2D eigenvalue weighted by Crippen LogP contribution is 2.18. The Morgan fingerprint density at radius 1 is 1.23 bits per heavy atom.